The maximum atomic E-state index is 13.2. The number of benzene rings is 1. The first kappa shape index (κ1) is 17.2. The van der Waals surface area contributed by atoms with Crippen LogP contribution in [0.15, 0.2) is 24.3 Å². The molecule has 0 saturated carbocycles. The second kappa shape index (κ2) is 8.44. The standard InChI is InChI=1S/C18H25FN2O3/c19-15-4-3-5-16(14-15)24-13-10-20-7-2-1-6-17(20)18(22)21-8-11-23-12-9-21/h3-5,14,17H,1-2,6-13H2. The zero-order chi connectivity index (χ0) is 16.8. The fraction of sp³-hybridized carbons (Fsp3) is 0.611. The van der Waals surface area contributed by atoms with Gasteiger partial charge in [0.05, 0.1) is 19.3 Å². The molecule has 132 valence electrons. The van der Waals surface area contributed by atoms with Gasteiger partial charge in [-0.1, -0.05) is 12.5 Å². The minimum Gasteiger partial charge on any atom is -0.492 e. The first-order valence-corrected chi connectivity index (χ1v) is 8.73. The summed E-state index contributed by atoms with van der Waals surface area (Å²) in [5.74, 6) is 0.442. The van der Waals surface area contributed by atoms with E-state index in [1.54, 1.807) is 12.1 Å². The summed E-state index contributed by atoms with van der Waals surface area (Å²) in [5.41, 5.74) is 0. The van der Waals surface area contributed by atoms with Crippen molar-refractivity contribution < 1.29 is 18.7 Å². The van der Waals surface area contributed by atoms with Crippen LogP contribution >= 0.6 is 0 Å². The molecule has 1 aromatic carbocycles. The van der Waals surface area contributed by atoms with Gasteiger partial charge in [0.15, 0.2) is 0 Å². The van der Waals surface area contributed by atoms with Gasteiger partial charge in [-0.2, -0.15) is 0 Å². The molecule has 2 fully saturated rings. The molecular weight excluding hydrogens is 311 g/mol. The summed E-state index contributed by atoms with van der Waals surface area (Å²) < 4.78 is 24.1. The average Bonchev–Trinajstić information content (AvgIpc) is 2.62. The molecule has 0 spiro atoms. The molecule has 0 aliphatic carbocycles. The number of carbonyl (C=O) groups excluding carboxylic acids is 1. The number of rotatable bonds is 5. The number of carbonyl (C=O) groups is 1. The number of hydrogen-bond acceptors (Lipinski definition) is 4. The Morgan fingerprint density at radius 2 is 2.08 bits per heavy atom. The van der Waals surface area contributed by atoms with Crippen molar-refractivity contribution >= 4 is 5.91 Å². The molecule has 1 atom stereocenters. The lowest BCUT2D eigenvalue weighted by atomic mass is 10.0. The van der Waals surface area contributed by atoms with E-state index in [9.17, 15) is 9.18 Å². The predicted octanol–water partition coefficient (Wildman–Crippen LogP) is 1.92. The Morgan fingerprint density at radius 1 is 1.25 bits per heavy atom. The van der Waals surface area contributed by atoms with Gasteiger partial charge >= 0.3 is 0 Å². The van der Waals surface area contributed by atoms with E-state index in [-0.39, 0.29) is 17.8 Å². The number of piperidine rings is 1. The monoisotopic (exact) mass is 336 g/mol. The molecule has 2 saturated heterocycles. The zero-order valence-electron chi connectivity index (χ0n) is 14.0. The molecule has 0 N–H and O–H groups in total. The molecule has 3 rings (SSSR count). The van der Waals surface area contributed by atoms with E-state index in [2.05, 4.69) is 4.90 Å². The Labute approximate surface area is 142 Å². The second-order valence-corrected chi connectivity index (χ2v) is 6.29. The normalized spacial score (nSPS) is 22.4. The minimum absolute atomic E-state index is 0.0621. The Balaban J connectivity index is 1.53. The maximum Gasteiger partial charge on any atom is 0.240 e. The molecule has 1 unspecified atom stereocenters. The third-order valence-corrected chi connectivity index (χ3v) is 4.66. The van der Waals surface area contributed by atoms with Gasteiger partial charge in [0.25, 0.3) is 0 Å². The number of amides is 1. The molecule has 5 nitrogen and oxygen atoms in total. The van der Waals surface area contributed by atoms with Gasteiger partial charge in [-0.25, -0.2) is 4.39 Å². The quantitative estimate of drug-likeness (QED) is 0.824. The topological polar surface area (TPSA) is 42.0 Å². The molecular formula is C18H25FN2O3. The summed E-state index contributed by atoms with van der Waals surface area (Å²) in [5, 5.41) is 0. The van der Waals surface area contributed by atoms with Crippen molar-refractivity contribution in [2.45, 2.75) is 25.3 Å². The third kappa shape index (κ3) is 4.45. The number of likely N-dealkylation sites (tertiary alicyclic amines) is 1. The van der Waals surface area contributed by atoms with Crippen LogP contribution in [0, 0.1) is 5.82 Å². The Morgan fingerprint density at radius 3 is 2.88 bits per heavy atom. The molecule has 2 aliphatic heterocycles. The summed E-state index contributed by atoms with van der Waals surface area (Å²) in [7, 11) is 0. The fourth-order valence-electron chi connectivity index (χ4n) is 3.37. The van der Waals surface area contributed by atoms with Crippen molar-refractivity contribution in [3.05, 3.63) is 30.1 Å². The number of halogens is 1. The molecule has 0 radical (unpaired) electrons. The van der Waals surface area contributed by atoms with Crippen molar-refractivity contribution in [1.82, 2.24) is 9.80 Å². The molecule has 24 heavy (non-hydrogen) atoms. The van der Waals surface area contributed by atoms with Gasteiger partial charge in [-0.3, -0.25) is 9.69 Å². The van der Waals surface area contributed by atoms with E-state index in [1.807, 2.05) is 4.90 Å². The van der Waals surface area contributed by atoms with Crippen LogP contribution in [0.3, 0.4) is 0 Å². The average molecular weight is 336 g/mol. The number of morpholine rings is 1. The van der Waals surface area contributed by atoms with E-state index in [1.165, 1.54) is 12.1 Å². The lowest BCUT2D eigenvalue weighted by molar-refractivity contribution is -0.142. The first-order chi connectivity index (χ1) is 11.7. The highest BCUT2D eigenvalue weighted by atomic mass is 19.1. The Kier molecular flexibility index (Phi) is 6.04. The van der Waals surface area contributed by atoms with Crippen LogP contribution in [0.5, 0.6) is 5.75 Å². The van der Waals surface area contributed by atoms with Crippen molar-refractivity contribution in [2.24, 2.45) is 0 Å². The Bertz CT molecular complexity index is 549. The van der Waals surface area contributed by atoms with Gasteiger partial charge in [0.1, 0.15) is 18.2 Å². The SMILES string of the molecule is O=C(C1CCCCN1CCOc1cccc(F)c1)N1CCOCC1. The summed E-state index contributed by atoms with van der Waals surface area (Å²) in [4.78, 5) is 16.9. The summed E-state index contributed by atoms with van der Waals surface area (Å²) in [6.45, 7) is 4.66. The van der Waals surface area contributed by atoms with Crippen molar-refractivity contribution in [3.63, 3.8) is 0 Å². The van der Waals surface area contributed by atoms with Crippen LogP contribution in [0.25, 0.3) is 0 Å². The molecule has 1 aromatic rings. The largest absolute Gasteiger partial charge is 0.492 e. The maximum absolute atomic E-state index is 13.2. The second-order valence-electron chi connectivity index (χ2n) is 6.29. The van der Waals surface area contributed by atoms with Crippen LogP contribution < -0.4 is 4.74 Å². The van der Waals surface area contributed by atoms with Crippen LogP contribution in [-0.4, -0.2) is 67.7 Å². The highest BCUT2D eigenvalue weighted by molar-refractivity contribution is 5.82. The zero-order valence-corrected chi connectivity index (χ0v) is 14.0. The van der Waals surface area contributed by atoms with Crippen LogP contribution in [0.2, 0.25) is 0 Å². The van der Waals surface area contributed by atoms with Crippen molar-refractivity contribution in [1.29, 1.82) is 0 Å². The van der Waals surface area contributed by atoms with Crippen molar-refractivity contribution in [3.8, 4) is 5.75 Å². The summed E-state index contributed by atoms with van der Waals surface area (Å²) in [6.07, 6.45) is 3.09. The van der Waals surface area contributed by atoms with E-state index in [4.69, 9.17) is 9.47 Å². The highest BCUT2D eigenvalue weighted by Gasteiger charge is 2.32. The van der Waals surface area contributed by atoms with Crippen molar-refractivity contribution in [2.75, 3.05) is 46.0 Å². The smallest absolute Gasteiger partial charge is 0.240 e. The van der Waals surface area contributed by atoms with Gasteiger partial charge in [-0.05, 0) is 31.5 Å². The number of nitrogens with zero attached hydrogens (tertiary/aromatic N) is 2. The fourth-order valence-corrected chi connectivity index (χ4v) is 3.37. The first-order valence-electron chi connectivity index (χ1n) is 8.73. The van der Waals surface area contributed by atoms with Crippen LogP contribution in [0.1, 0.15) is 19.3 Å². The van der Waals surface area contributed by atoms with Crippen LogP contribution in [-0.2, 0) is 9.53 Å². The minimum atomic E-state index is -0.300. The molecule has 2 aliphatic rings. The van der Waals surface area contributed by atoms with Gasteiger partial charge < -0.3 is 14.4 Å². The summed E-state index contributed by atoms with van der Waals surface area (Å²) >= 11 is 0. The molecule has 0 aromatic heterocycles. The highest BCUT2D eigenvalue weighted by Crippen LogP contribution is 2.20. The van der Waals surface area contributed by atoms with E-state index in [0.29, 0.717) is 45.2 Å². The van der Waals surface area contributed by atoms with Gasteiger partial charge in [0, 0.05) is 25.7 Å². The van der Waals surface area contributed by atoms with Gasteiger partial charge in [0.2, 0.25) is 5.91 Å². The third-order valence-electron chi connectivity index (χ3n) is 4.66. The number of hydrogen-bond donors (Lipinski definition) is 0. The van der Waals surface area contributed by atoms with Crippen LogP contribution in [0.4, 0.5) is 4.39 Å². The van der Waals surface area contributed by atoms with E-state index >= 15 is 0 Å². The van der Waals surface area contributed by atoms with E-state index < -0.39 is 0 Å². The Hall–Kier alpha value is -1.66. The number of ether oxygens (including phenoxy) is 2. The summed E-state index contributed by atoms with van der Waals surface area (Å²) in [6, 6.07) is 6.10. The molecule has 6 heteroatoms. The lowest BCUT2D eigenvalue weighted by Gasteiger charge is -2.38. The van der Waals surface area contributed by atoms with E-state index in [0.717, 1.165) is 25.8 Å². The lowest BCUT2D eigenvalue weighted by Crippen LogP contribution is -2.54. The molecule has 1 amide bonds. The predicted molar refractivity (Wildman–Crippen MR) is 88.5 cm³/mol. The van der Waals surface area contributed by atoms with Gasteiger partial charge in [-0.15, -0.1) is 0 Å². The molecule has 0 bridgehead atoms. The molecule has 2 heterocycles.